The fourth-order valence-corrected chi connectivity index (χ4v) is 3.82. The number of benzene rings is 2. The Labute approximate surface area is 181 Å². The van der Waals surface area contributed by atoms with E-state index in [2.05, 4.69) is 5.32 Å². The standard InChI is InChI=1S/C23H26ClN3O3/c1-4-6-21(28)25-19-10-9-15-13-20(23(30)26(2)3)27(14-17(15)12-19)22(29)16-7-5-8-18(24)11-16/h5,7-12,20H,4,6,13-14H2,1-3H3,(H,25,28)/t20-/m1/s1. The predicted octanol–water partition coefficient (Wildman–Crippen LogP) is 3.73. The first-order valence-electron chi connectivity index (χ1n) is 9.99. The highest BCUT2D eigenvalue weighted by molar-refractivity contribution is 6.31. The van der Waals surface area contributed by atoms with Crippen LogP contribution in [0.4, 0.5) is 5.69 Å². The van der Waals surface area contributed by atoms with Gasteiger partial charge >= 0.3 is 0 Å². The fraction of sp³-hybridized carbons (Fsp3) is 0.348. The summed E-state index contributed by atoms with van der Waals surface area (Å²) in [5.74, 6) is -0.416. The van der Waals surface area contributed by atoms with Gasteiger partial charge in [-0.1, -0.05) is 30.7 Å². The predicted molar refractivity (Wildman–Crippen MR) is 117 cm³/mol. The number of nitrogens with one attached hydrogen (secondary N) is 1. The Hall–Kier alpha value is -2.86. The lowest BCUT2D eigenvalue weighted by molar-refractivity contribution is -0.134. The van der Waals surface area contributed by atoms with Crippen LogP contribution in [0.1, 0.15) is 41.3 Å². The molecule has 1 aliphatic heterocycles. The molecule has 1 aliphatic rings. The third-order valence-electron chi connectivity index (χ3n) is 5.16. The van der Waals surface area contributed by atoms with Gasteiger partial charge < -0.3 is 15.1 Å². The summed E-state index contributed by atoms with van der Waals surface area (Å²) in [7, 11) is 3.37. The van der Waals surface area contributed by atoms with Crippen LogP contribution in [-0.4, -0.2) is 47.7 Å². The van der Waals surface area contributed by atoms with Crippen LogP contribution in [0.15, 0.2) is 42.5 Å². The summed E-state index contributed by atoms with van der Waals surface area (Å²) in [5, 5.41) is 3.36. The topological polar surface area (TPSA) is 69.7 Å². The molecule has 0 aliphatic carbocycles. The second kappa shape index (κ2) is 9.30. The SMILES string of the molecule is CCCC(=O)Nc1ccc2c(c1)CN(C(=O)c1cccc(Cl)c1)[C@@H](C(=O)N(C)C)C2. The largest absolute Gasteiger partial charge is 0.347 e. The second-order valence-electron chi connectivity index (χ2n) is 7.68. The normalized spacial score (nSPS) is 15.3. The van der Waals surface area contributed by atoms with Crippen LogP contribution >= 0.6 is 11.6 Å². The number of fused-ring (bicyclic) bond motifs is 1. The van der Waals surface area contributed by atoms with Crippen molar-refractivity contribution in [2.45, 2.75) is 38.8 Å². The first kappa shape index (κ1) is 21.8. The van der Waals surface area contributed by atoms with Crippen LogP contribution in [0.5, 0.6) is 0 Å². The van der Waals surface area contributed by atoms with E-state index in [-0.39, 0.29) is 24.3 Å². The Morgan fingerprint density at radius 2 is 1.90 bits per heavy atom. The van der Waals surface area contributed by atoms with Crippen molar-refractivity contribution >= 4 is 35.0 Å². The third-order valence-corrected chi connectivity index (χ3v) is 5.39. The number of amides is 3. The Morgan fingerprint density at radius 1 is 1.13 bits per heavy atom. The third kappa shape index (κ3) is 4.82. The minimum absolute atomic E-state index is 0.0409. The molecule has 0 saturated heterocycles. The van der Waals surface area contributed by atoms with Gasteiger partial charge in [-0.05, 0) is 47.9 Å². The molecule has 2 aromatic rings. The molecule has 0 fully saturated rings. The van der Waals surface area contributed by atoms with Crippen molar-refractivity contribution in [2.75, 3.05) is 19.4 Å². The van der Waals surface area contributed by atoms with E-state index in [4.69, 9.17) is 11.6 Å². The monoisotopic (exact) mass is 427 g/mol. The summed E-state index contributed by atoms with van der Waals surface area (Å²) in [4.78, 5) is 41.2. The lowest BCUT2D eigenvalue weighted by atomic mass is 9.92. The van der Waals surface area contributed by atoms with Gasteiger partial charge in [-0.25, -0.2) is 0 Å². The van der Waals surface area contributed by atoms with Crippen LogP contribution in [-0.2, 0) is 22.6 Å². The van der Waals surface area contributed by atoms with E-state index in [0.717, 1.165) is 17.5 Å². The van der Waals surface area contributed by atoms with Crippen molar-refractivity contribution in [2.24, 2.45) is 0 Å². The summed E-state index contributed by atoms with van der Waals surface area (Å²) in [6, 6.07) is 11.8. The maximum atomic E-state index is 13.3. The van der Waals surface area contributed by atoms with E-state index in [9.17, 15) is 14.4 Å². The number of carbonyl (C=O) groups is 3. The van der Waals surface area contributed by atoms with E-state index >= 15 is 0 Å². The molecule has 0 spiro atoms. The Morgan fingerprint density at radius 3 is 2.57 bits per heavy atom. The van der Waals surface area contributed by atoms with Crippen LogP contribution in [0.2, 0.25) is 5.02 Å². The number of likely N-dealkylation sites (N-methyl/N-ethyl adjacent to an activating group) is 1. The molecular formula is C23H26ClN3O3. The van der Waals surface area contributed by atoms with Crippen molar-refractivity contribution in [1.82, 2.24) is 9.80 Å². The van der Waals surface area contributed by atoms with Crippen molar-refractivity contribution < 1.29 is 14.4 Å². The molecule has 3 amide bonds. The van der Waals surface area contributed by atoms with E-state index < -0.39 is 6.04 Å². The van der Waals surface area contributed by atoms with Gasteiger partial charge in [0.2, 0.25) is 11.8 Å². The van der Waals surface area contributed by atoms with E-state index in [1.165, 1.54) is 4.90 Å². The minimum atomic E-state index is -0.598. The Kier molecular flexibility index (Phi) is 6.77. The van der Waals surface area contributed by atoms with Crippen LogP contribution in [0.3, 0.4) is 0 Å². The van der Waals surface area contributed by atoms with Crippen molar-refractivity contribution in [3.63, 3.8) is 0 Å². The number of anilines is 1. The zero-order valence-electron chi connectivity index (χ0n) is 17.4. The quantitative estimate of drug-likeness (QED) is 0.790. The molecule has 2 aromatic carbocycles. The van der Waals surface area contributed by atoms with E-state index in [0.29, 0.717) is 29.1 Å². The van der Waals surface area contributed by atoms with Crippen LogP contribution < -0.4 is 5.32 Å². The molecule has 1 heterocycles. The smallest absolute Gasteiger partial charge is 0.254 e. The number of halogens is 1. The first-order valence-corrected chi connectivity index (χ1v) is 10.4. The molecule has 6 nitrogen and oxygen atoms in total. The van der Waals surface area contributed by atoms with Crippen molar-refractivity contribution in [1.29, 1.82) is 0 Å². The summed E-state index contributed by atoms with van der Waals surface area (Å²) < 4.78 is 0. The summed E-state index contributed by atoms with van der Waals surface area (Å²) in [5.41, 5.74) is 3.05. The number of nitrogens with zero attached hydrogens (tertiary/aromatic N) is 2. The maximum absolute atomic E-state index is 13.3. The molecule has 158 valence electrons. The van der Waals surface area contributed by atoms with Crippen LogP contribution in [0.25, 0.3) is 0 Å². The molecule has 0 aromatic heterocycles. The van der Waals surface area contributed by atoms with Crippen molar-refractivity contribution in [3.05, 3.63) is 64.2 Å². The fourth-order valence-electron chi connectivity index (χ4n) is 3.63. The summed E-state index contributed by atoms with van der Waals surface area (Å²) >= 11 is 6.07. The van der Waals surface area contributed by atoms with Gasteiger partial charge in [0, 0.05) is 49.8 Å². The number of rotatable bonds is 5. The lowest BCUT2D eigenvalue weighted by Crippen LogP contribution is -2.52. The highest BCUT2D eigenvalue weighted by Gasteiger charge is 2.36. The summed E-state index contributed by atoms with van der Waals surface area (Å²) in [6.45, 7) is 2.23. The van der Waals surface area contributed by atoms with Gasteiger partial charge in [0.25, 0.3) is 5.91 Å². The summed E-state index contributed by atoms with van der Waals surface area (Å²) in [6.07, 6.45) is 1.64. The highest BCUT2D eigenvalue weighted by Crippen LogP contribution is 2.29. The van der Waals surface area contributed by atoms with Gasteiger partial charge in [0.1, 0.15) is 6.04 Å². The molecule has 0 unspecified atom stereocenters. The molecule has 0 bridgehead atoms. The molecule has 7 heteroatoms. The first-order chi connectivity index (χ1) is 14.3. The zero-order chi connectivity index (χ0) is 21.8. The van der Waals surface area contributed by atoms with Gasteiger partial charge in [-0.2, -0.15) is 0 Å². The zero-order valence-corrected chi connectivity index (χ0v) is 18.2. The van der Waals surface area contributed by atoms with E-state index in [1.54, 1.807) is 43.3 Å². The average Bonchev–Trinajstić information content (AvgIpc) is 2.71. The molecule has 1 atom stereocenters. The molecule has 1 N–H and O–H groups in total. The number of hydrogen-bond acceptors (Lipinski definition) is 3. The van der Waals surface area contributed by atoms with Gasteiger partial charge in [-0.15, -0.1) is 0 Å². The van der Waals surface area contributed by atoms with Gasteiger partial charge in [0.15, 0.2) is 0 Å². The number of hydrogen-bond donors (Lipinski definition) is 1. The highest BCUT2D eigenvalue weighted by atomic mass is 35.5. The van der Waals surface area contributed by atoms with Gasteiger partial charge in [0.05, 0.1) is 0 Å². The average molecular weight is 428 g/mol. The minimum Gasteiger partial charge on any atom is -0.347 e. The molecular weight excluding hydrogens is 402 g/mol. The second-order valence-corrected chi connectivity index (χ2v) is 8.11. The lowest BCUT2D eigenvalue weighted by Gasteiger charge is -2.37. The maximum Gasteiger partial charge on any atom is 0.254 e. The Balaban J connectivity index is 1.94. The van der Waals surface area contributed by atoms with Crippen LogP contribution in [0, 0.1) is 0 Å². The number of carbonyl (C=O) groups excluding carboxylic acids is 3. The van der Waals surface area contributed by atoms with Gasteiger partial charge in [-0.3, -0.25) is 14.4 Å². The van der Waals surface area contributed by atoms with E-state index in [1.807, 2.05) is 25.1 Å². The molecule has 3 rings (SSSR count). The molecule has 0 saturated carbocycles. The van der Waals surface area contributed by atoms with Crippen molar-refractivity contribution in [3.8, 4) is 0 Å². The Bertz CT molecular complexity index is 974. The molecule has 30 heavy (non-hydrogen) atoms. The molecule has 0 radical (unpaired) electrons.